The highest BCUT2D eigenvalue weighted by molar-refractivity contribution is 6.05. The summed E-state index contributed by atoms with van der Waals surface area (Å²) in [5, 5.41) is 6.01. The van der Waals surface area contributed by atoms with Crippen LogP contribution in [0, 0.1) is 0 Å². The first-order valence-electron chi connectivity index (χ1n) is 11.1. The third-order valence-electron chi connectivity index (χ3n) is 6.84. The highest BCUT2D eigenvalue weighted by Gasteiger charge is 2.39. The molecular formula is C25H27N3O3. The lowest BCUT2D eigenvalue weighted by atomic mass is 9.83. The van der Waals surface area contributed by atoms with Gasteiger partial charge in [-0.25, -0.2) is 0 Å². The molecule has 0 spiro atoms. The van der Waals surface area contributed by atoms with Crippen molar-refractivity contribution in [1.29, 1.82) is 0 Å². The van der Waals surface area contributed by atoms with Gasteiger partial charge in [-0.05, 0) is 60.9 Å². The molecule has 2 N–H and O–H groups in total. The van der Waals surface area contributed by atoms with Crippen molar-refractivity contribution >= 4 is 17.7 Å². The molecule has 31 heavy (non-hydrogen) atoms. The Morgan fingerprint density at radius 1 is 1.00 bits per heavy atom. The zero-order valence-corrected chi connectivity index (χ0v) is 17.5. The van der Waals surface area contributed by atoms with Crippen LogP contribution in [0.4, 0.5) is 0 Å². The standard InChI is InChI=1S/C25H27N3O3/c29-23-9-8-22(24(30)27-23)28-15-19-13-17(6-7-21(19)25(28)31)18-10-11-26-20(14-18)12-16-4-2-1-3-5-16/h1-7,13,18,20,22,26H,8-12,14-15H2,(H,27,29,30). The summed E-state index contributed by atoms with van der Waals surface area (Å²) in [6.45, 7) is 1.42. The molecule has 6 heteroatoms. The summed E-state index contributed by atoms with van der Waals surface area (Å²) < 4.78 is 0. The summed E-state index contributed by atoms with van der Waals surface area (Å²) in [6.07, 6.45) is 3.84. The van der Waals surface area contributed by atoms with Gasteiger partial charge in [0.05, 0.1) is 0 Å². The van der Waals surface area contributed by atoms with Crippen molar-refractivity contribution < 1.29 is 14.4 Å². The lowest BCUT2D eigenvalue weighted by molar-refractivity contribution is -0.136. The lowest BCUT2D eigenvalue weighted by Gasteiger charge is -2.31. The number of piperidine rings is 2. The molecule has 6 nitrogen and oxygen atoms in total. The molecule has 3 unspecified atom stereocenters. The third-order valence-corrected chi connectivity index (χ3v) is 6.84. The Balaban J connectivity index is 1.29. The molecule has 5 rings (SSSR count). The van der Waals surface area contributed by atoms with E-state index in [4.69, 9.17) is 0 Å². The van der Waals surface area contributed by atoms with Crippen molar-refractivity contribution in [2.45, 2.75) is 56.7 Å². The van der Waals surface area contributed by atoms with Gasteiger partial charge in [0.15, 0.2) is 0 Å². The van der Waals surface area contributed by atoms with Gasteiger partial charge in [-0.15, -0.1) is 0 Å². The van der Waals surface area contributed by atoms with E-state index in [1.165, 1.54) is 11.1 Å². The Morgan fingerprint density at radius 3 is 2.65 bits per heavy atom. The van der Waals surface area contributed by atoms with Crippen molar-refractivity contribution in [3.63, 3.8) is 0 Å². The molecule has 0 radical (unpaired) electrons. The van der Waals surface area contributed by atoms with Crippen LogP contribution in [0.15, 0.2) is 48.5 Å². The average Bonchev–Trinajstić information content (AvgIpc) is 3.10. The highest BCUT2D eigenvalue weighted by Crippen LogP contribution is 2.34. The second-order valence-corrected chi connectivity index (χ2v) is 8.88. The first-order valence-corrected chi connectivity index (χ1v) is 11.1. The zero-order chi connectivity index (χ0) is 21.4. The number of carbonyl (C=O) groups is 3. The summed E-state index contributed by atoms with van der Waals surface area (Å²) in [6, 6.07) is 16.6. The molecule has 0 bridgehead atoms. The van der Waals surface area contributed by atoms with Gasteiger partial charge >= 0.3 is 0 Å². The molecule has 2 aromatic carbocycles. The van der Waals surface area contributed by atoms with Crippen LogP contribution in [0.5, 0.6) is 0 Å². The fraction of sp³-hybridized carbons (Fsp3) is 0.400. The number of fused-ring (bicyclic) bond motifs is 1. The minimum atomic E-state index is -0.560. The quantitative estimate of drug-likeness (QED) is 0.750. The van der Waals surface area contributed by atoms with Crippen LogP contribution in [-0.4, -0.2) is 41.2 Å². The normalized spacial score (nSPS) is 26.0. The van der Waals surface area contributed by atoms with Crippen LogP contribution < -0.4 is 10.6 Å². The minimum Gasteiger partial charge on any atom is -0.322 e. The summed E-state index contributed by atoms with van der Waals surface area (Å²) in [4.78, 5) is 38.2. The van der Waals surface area contributed by atoms with Gasteiger partial charge in [-0.3, -0.25) is 19.7 Å². The van der Waals surface area contributed by atoms with Crippen LogP contribution >= 0.6 is 0 Å². The molecule has 0 saturated carbocycles. The molecule has 2 saturated heterocycles. The van der Waals surface area contributed by atoms with Crippen molar-refractivity contribution in [1.82, 2.24) is 15.5 Å². The fourth-order valence-corrected chi connectivity index (χ4v) is 5.21. The number of benzene rings is 2. The summed E-state index contributed by atoms with van der Waals surface area (Å²) >= 11 is 0. The Kier molecular flexibility index (Phi) is 5.32. The van der Waals surface area contributed by atoms with Gasteiger partial charge in [0.1, 0.15) is 6.04 Å². The number of carbonyl (C=O) groups excluding carboxylic acids is 3. The van der Waals surface area contributed by atoms with Crippen molar-refractivity contribution in [3.8, 4) is 0 Å². The largest absolute Gasteiger partial charge is 0.322 e. The van der Waals surface area contributed by atoms with Crippen LogP contribution in [0.25, 0.3) is 0 Å². The molecule has 0 aliphatic carbocycles. The van der Waals surface area contributed by atoms with Gasteiger partial charge in [0.2, 0.25) is 11.8 Å². The molecule has 2 fully saturated rings. The molecule has 2 aromatic rings. The predicted octanol–water partition coefficient (Wildman–Crippen LogP) is 2.53. The smallest absolute Gasteiger partial charge is 0.255 e. The number of nitrogens with zero attached hydrogens (tertiary/aromatic N) is 1. The van der Waals surface area contributed by atoms with Crippen molar-refractivity contribution in [2.24, 2.45) is 0 Å². The molecule has 3 atom stereocenters. The van der Waals surface area contributed by atoms with E-state index >= 15 is 0 Å². The average molecular weight is 418 g/mol. The lowest BCUT2D eigenvalue weighted by Crippen LogP contribution is -2.52. The maximum absolute atomic E-state index is 12.9. The second kappa shape index (κ2) is 8.27. The summed E-state index contributed by atoms with van der Waals surface area (Å²) in [5.41, 5.74) is 4.30. The van der Waals surface area contributed by atoms with Gasteiger partial charge < -0.3 is 10.2 Å². The van der Waals surface area contributed by atoms with E-state index in [1.54, 1.807) is 4.90 Å². The highest BCUT2D eigenvalue weighted by atomic mass is 16.2. The van der Waals surface area contributed by atoms with E-state index in [-0.39, 0.29) is 24.1 Å². The van der Waals surface area contributed by atoms with Crippen LogP contribution in [0.2, 0.25) is 0 Å². The van der Waals surface area contributed by atoms with E-state index in [1.807, 2.05) is 12.1 Å². The summed E-state index contributed by atoms with van der Waals surface area (Å²) in [7, 11) is 0. The molecular weight excluding hydrogens is 390 g/mol. The predicted molar refractivity (Wildman–Crippen MR) is 116 cm³/mol. The van der Waals surface area contributed by atoms with Gasteiger partial charge in [0.25, 0.3) is 5.91 Å². The Bertz CT molecular complexity index is 1020. The molecule has 0 aromatic heterocycles. The monoisotopic (exact) mass is 417 g/mol. The second-order valence-electron chi connectivity index (χ2n) is 8.88. The van der Waals surface area contributed by atoms with Crippen molar-refractivity contribution in [2.75, 3.05) is 6.54 Å². The Labute approximate surface area is 182 Å². The number of nitrogens with one attached hydrogen (secondary N) is 2. The summed E-state index contributed by atoms with van der Waals surface area (Å²) in [5.74, 6) is -0.272. The van der Waals surface area contributed by atoms with Crippen LogP contribution in [-0.2, 0) is 22.6 Å². The topological polar surface area (TPSA) is 78.5 Å². The number of imide groups is 1. The van der Waals surface area contributed by atoms with Gasteiger partial charge in [0, 0.05) is 24.6 Å². The van der Waals surface area contributed by atoms with Gasteiger partial charge in [-0.2, -0.15) is 0 Å². The van der Waals surface area contributed by atoms with E-state index in [0.29, 0.717) is 30.5 Å². The maximum Gasteiger partial charge on any atom is 0.255 e. The molecule has 3 amide bonds. The number of amides is 3. The van der Waals surface area contributed by atoms with E-state index in [9.17, 15) is 14.4 Å². The first kappa shape index (κ1) is 19.9. The van der Waals surface area contributed by atoms with Crippen LogP contribution in [0.1, 0.15) is 58.6 Å². The van der Waals surface area contributed by atoms with Crippen molar-refractivity contribution in [3.05, 3.63) is 70.8 Å². The zero-order valence-electron chi connectivity index (χ0n) is 17.5. The fourth-order valence-electron chi connectivity index (χ4n) is 5.21. The maximum atomic E-state index is 12.9. The van der Waals surface area contributed by atoms with E-state index in [2.05, 4.69) is 47.0 Å². The minimum absolute atomic E-state index is 0.108. The van der Waals surface area contributed by atoms with E-state index < -0.39 is 6.04 Å². The third kappa shape index (κ3) is 4.00. The first-order chi connectivity index (χ1) is 15.1. The Hall–Kier alpha value is -2.99. The molecule has 3 heterocycles. The number of hydrogen-bond donors (Lipinski definition) is 2. The molecule has 3 aliphatic heterocycles. The number of hydrogen-bond acceptors (Lipinski definition) is 4. The number of rotatable bonds is 4. The molecule has 3 aliphatic rings. The van der Waals surface area contributed by atoms with Crippen LogP contribution in [0.3, 0.4) is 0 Å². The molecule has 160 valence electrons. The van der Waals surface area contributed by atoms with Gasteiger partial charge in [-0.1, -0.05) is 42.5 Å². The van der Waals surface area contributed by atoms with E-state index in [0.717, 1.165) is 31.4 Å². The Morgan fingerprint density at radius 2 is 1.84 bits per heavy atom. The SMILES string of the molecule is O=C1CCC(N2Cc3cc(C4CCNC(Cc5ccccc5)C4)ccc3C2=O)C(=O)N1.